The van der Waals surface area contributed by atoms with Crippen LogP contribution < -0.4 is 0 Å². The molecule has 1 saturated heterocycles. The first-order valence-corrected chi connectivity index (χ1v) is 4.37. The van der Waals surface area contributed by atoms with E-state index in [1.165, 1.54) is 0 Å². The van der Waals surface area contributed by atoms with Crippen molar-refractivity contribution in [1.82, 2.24) is 0 Å². The second-order valence-electron chi connectivity index (χ2n) is 2.88. The molecule has 1 atom stereocenters. The van der Waals surface area contributed by atoms with E-state index in [2.05, 4.69) is 13.0 Å². The Morgan fingerprint density at radius 3 is 2.50 bits per heavy atom. The highest BCUT2D eigenvalue weighted by molar-refractivity contribution is 5.03. The van der Waals surface area contributed by atoms with Gasteiger partial charge in [0.1, 0.15) is 0 Å². The predicted octanol–water partition coefficient (Wildman–Crippen LogP) is 2.13. The summed E-state index contributed by atoms with van der Waals surface area (Å²) in [5, 5.41) is 0. The van der Waals surface area contributed by atoms with Gasteiger partial charge in [-0.25, -0.2) is 0 Å². The average molecular weight is 168 g/mol. The molecule has 0 aliphatic carbocycles. The van der Waals surface area contributed by atoms with Crippen molar-refractivity contribution in [2.75, 3.05) is 13.2 Å². The molecule has 12 heavy (non-hydrogen) atoms. The predicted molar refractivity (Wildman–Crippen MR) is 48.8 cm³/mol. The van der Waals surface area contributed by atoms with Gasteiger partial charge in [-0.1, -0.05) is 31.2 Å². The van der Waals surface area contributed by atoms with Gasteiger partial charge in [-0.3, -0.25) is 0 Å². The molecule has 1 fully saturated rings. The number of rotatable bonds is 3. The Hall–Kier alpha value is -0.600. The first-order chi connectivity index (χ1) is 5.84. The van der Waals surface area contributed by atoms with Crippen molar-refractivity contribution in [2.45, 2.75) is 20.1 Å². The molecule has 0 bridgehead atoms. The summed E-state index contributed by atoms with van der Waals surface area (Å²) < 4.78 is 10.7. The summed E-state index contributed by atoms with van der Waals surface area (Å²) in [7, 11) is 0. The molecule has 0 saturated carbocycles. The van der Waals surface area contributed by atoms with E-state index in [1.807, 2.05) is 25.2 Å². The lowest BCUT2D eigenvalue weighted by Crippen LogP contribution is -2.16. The van der Waals surface area contributed by atoms with Crippen molar-refractivity contribution in [3.8, 4) is 0 Å². The SMILES string of the molecule is C/C=C\C=C/C(C)C1OCCO1. The molecule has 2 nitrogen and oxygen atoms in total. The zero-order valence-corrected chi connectivity index (χ0v) is 7.69. The molecule has 0 radical (unpaired) electrons. The summed E-state index contributed by atoms with van der Waals surface area (Å²) in [6.07, 6.45) is 8.09. The molecule has 1 aliphatic rings. The van der Waals surface area contributed by atoms with E-state index in [4.69, 9.17) is 9.47 Å². The lowest BCUT2D eigenvalue weighted by Gasteiger charge is -2.12. The van der Waals surface area contributed by atoms with Crippen molar-refractivity contribution in [3.63, 3.8) is 0 Å². The van der Waals surface area contributed by atoms with Crippen LogP contribution in [-0.4, -0.2) is 19.5 Å². The van der Waals surface area contributed by atoms with Gasteiger partial charge in [0.05, 0.1) is 13.2 Å². The van der Waals surface area contributed by atoms with Gasteiger partial charge in [0.15, 0.2) is 6.29 Å². The fraction of sp³-hybridized carbons (Fsp3) is 0.600. The molecule has 1 unspecified atom stereocenters. The second-order valence-corrected chi connectivity index (χ2v) is 2.88. The largest absolute Gasteiger partial charge is 0.350 e. The summed E-state index contributed by atoms with van der Waals surface area (Å²) in [6.45, 7) is 5.55. The molecule has 1 aliphatic heterocycles. The molecule has 1 heterocycles. The highest BCUT2D eigenvalue weighted by Gasteiger charge is 2.20. The van der Waals surface area contributed by atoms with Crippen molar-refractivity contribution in [1.29, 1.82) is 0 Å². The van der Waals surface area contributed by atoms with Gasteiger partial charge < -0.3 is 9.47 Å². The van der Waals surface area contributed by atoms with Crippen LogP contribution in [0.5, 0.6) is 0 Å². The van der Waals surface area contributed by atoms with Crippen molar-refractivity contribution >= 4 is 0 Å². The Balaban J connectivity index is 2.30. The topological polar surface area (TPSA) is 18.5 Å². The summed E-state index contributed by atoms with van der Waals surface area (Å²) in [6, 6.07) is 0. The number of ether oxygens (including phenoxy) is 2. The van der Waals surface area contributed by atoms with Gasteiger partial charge in [-0.15, -0.1) is 0 Å². The number of allylic oxidation sites excluding steroid dienone is 3. The Morgan fingerprint density at radius 1 is 1.25 bits per heavy atom. The fourth-order valence-electron chi connectivity index (χ4n) is 1.12. The number of hydrogen-bond donors (Lipinski definition) is 0. The third-order valence-electron chi connectivity index (χ3n) is 1.80. The van der Waals surface area contributed by atoms with E-state index in [9.17, 15) is 0 Å². The van der Waals surface area contributed by atoms with E-state index >= 15 is 0 Å². The van der Waals surface area contributed by atoms with Crippen LogP contribution in [0.15, 0.2) is 24.3 Å². The summed E-state index contributed by atoms with van der Waals surface area (Å²) in [5.74, 6) is 0.337. The second kappa shape index (κ2) is 5.12. The Labute approximate surface area is 73.9 Å². The van der Waals surface area contributed by atoms with Crippen molar-refractivity contribution in [3.05, 3.63) is 24.3 Å². The molecule has 1 rings (SSSR count). The zero-order chi connectivity index (χ0) is 8.81. The summed E-state index contributed by atoms with van der Waals surface area (Å²) >= 11 is 0. The van der Waals surface area contributed by atoms with Gasteiger partial charge in [0.2, 0.25) is 0 Å². The van der Waals surface area contributed by atoms with Crippen LogP contribution in [0, 0.1) is 5.92 Å². The highest BCUT2D eigenvalue weighted by atomic mass is 16.7. The van der Waals surface area contributed by atoms with Crippen LogP contribution in [0.4, 0.5) is 0 Å². The van der Waals surface area contributed by atoms with Crippen LogP contribution in [0.25, 0.3) is 0 Å². The van der Waals surface area contributed by atoms with Crippen LogP contribution >= 0.6 is 0 Å². The van der Waals surface area contributed by atoms with E-state index in [-0.39, 0.29) is 6.29 Å². The summed E-state index contributed by atoms with van der Waals surface area (Å²) in [5.41, 5.74) is 0. The number of hydrogen-bond acceptors (Lipinski definition) is 2. The van der Waals surface area contributed by atoms with Crippen LogP contribution in [0.3, 0.4) is 0 Å². The molecule has 0 amide bonds. The normalized spacial score (nSPS) is 22.8. The minimum absolute atomic E-state index is 0.0356. The average Bonchev–Trinajstić information content (AvgIpc) is 2.56. The van der Waals surface area contributed by atoms with Gasteiger partial charge >= 0.3 is 0 Å². The van der Waals surface area contributed by atoms with Crippen LogP contribution in [0.2, 0.25) is 0 Å². The minimum Gasteiger partial charge on any atom is -0.350 e. The molecular formula is C10H16O2. The first kappa shape index (κ1) is 9.49. The molecule has 0 N–H and O–H groups in total. The Bertz CT molecular complexity index is 167. The van der Waals surface area contributed by atoms with Gasteiger partial charge in [0, 0.05) is 5.92 Å². The van der Waals surface area contributed by atoms with Gasteiger partial charge in [-0.2, -0.15) is 0 Å². The van der Waals surface area contributed by atoms with Crippen molar-refractivity contribution < 1.29 is 9.47 Å². The molecule has 0 spiro atoms. The van der Waals surface area contributed by atoms with E-state index in [0.29, 0.717) is 5.92 Å². The maximum Gasteiger partial charge on any atom is 0.163 e. The Kier molecular flexibility index (Phi) is 4.05. The quantitative estimate of drug-likeness (QED) is 0.601. The van der Waals surface area contributed by atoms with Crippen LogP contribution in [0.1, 0.15) is 13.8 Å². The monoisotopic (exact) mass is 168 g/mol. The highest BCUT2D eigenvalue weighted by Crippen LogP contribution is 2.15. The van der Waals surface area contributed by atoms with Gasteiger partial charge in [-0.05, 0) is 6.92 Å². The molecule has 0 aromatic rings. The van der Waals surface area contributed by atoms with Crippen molar-refractivity contribution in [2.24, 2.45) is 5.92 Å². The molecule has 0 aromatic carbocycles. The zero-order valence-electron chi connectivity index (χ0n) is 7.69. The van der Waals surface area contributed by atoms with Gasteiger partial charge in [0.25, 0.3) is 0 Å². The molecular weight excluding hydrogens is 152 g/mol. The smallest absolute Gasteiger partial charge is 0.163 e. The third-order valence-corrected chi connectivity index (χ3v) is 1.80. The lowest BCUT2D eigenvalue weighted by atomic mass is 10.1. The maximum atomic E-state index is 5.35. The van der Waals surface area contributed by atoms with E-state index < -0.39 is 0 Å². The third kappa shape index (κ3) is 2.80. The molecule has 68 valence electrons. The Morgan fingerprint density at radius 2 is 1.92 bits per heavy atom. The first-order valence-electron chi connectivity index (χ1n) is 4.37. The van der Waals surface area contributed by atoms with E-state index in [0.717, 1.165) is 13.2 Å². The van der Waals surface area contributed by atoms with Crippen LogP contribution in [-0.2, 0) is 9.47 Å². The minimum atomic E-state index is -0.0356. The lowest BCUT2D eigenvalue weighted by molar-refractivity contribution is -0.0657. The summed E-state index contributed by atoms with van der Waals surface area (Å²) in [4.78, 5) is 0. The molecule has 2 heteroatoms. The molecule has 0 aromatic heterocycles. The van der Waals surface area contributed by atoms with E-state index in [1.54, 1.807) is 0 Å². The fourth-order valence-corrected chi connectivity index (χ4v) is 1.12. The maximum absolute atomic E-state index is 5.35. The standard InChI is InChI=1S/C10H16O2/c1-3-4-5-6-9(2)10-11-7-8-12-10/h3-6,9-10H,7-8H2,1-2H3/b4-3-,6-5-.